The lowest BCUT2D eigenvalue weighted by Crippen LogP contribution is -2.35. The van der Waals surface area contributed by atoms with Gasteiger partial charge < -0.3 is 10.1 Å². The van der Waals surface area contributed by atoms with Gasteiger partial charge >= 0.3 is 11.9 Å². The fourth-order valence-electron chi connectivity index (χ4n) is 1.47. The largest absolute Gasteiger partial charge is 0.392 e. The van der Waals surface area contributed by atoms with Gasteiger partial charge in [0.05, 0.1) is 12.0 Å². The predicted octanol–water partition coefficient (Wildman–Crippen LogP) is 0.268. The summed E-state index contributed by atoms with van der Waals surface area (Å²) < 4.78 is 4.70. The van der Waals surface area contributed by atoms with E-state index in [-0.39, 0.29) is 18.2 Å². The zero-order valence-electron chi connectivity index (χ0n) is 8.81. The first-order chi connectivity index (χ1) is 7.69. The zero-order valence-corrected chi connectivity index (χ0v) is 9.70. The van der Waals surface area contributed by atoms with Crippen LogP contribution in [-0.4, -0.2) is 30.3 Å². The molecular formula is C10H14N2O3S. The number of hydrogen-bond acceptors (Lipinski definition) is 6. The van der Waals surface area contributed by atoms with Gasteiger partial charge in [-0.3, -0.25) is 4.79 Å². The van der Waals surface area contributed by atoms with E-state index in [0.717, 1.165) is 13.0 Å². The highest BCUT2D eigenvalue weighted by atomic mass is 32.1. The van der Waals surface area contributed by atoms with Crippen LogP contribution in [0, 0.1) is 17.2 Å². The third kappa shape index (κ3) is 3.51. The van der Waals surface area contributed by atoms with Gasteiger partial charge in [-0.25, -0.2) is 4.79 Å². The molecule has 0 aromatic carbocycles. The Hall–Kier alpha value is -1.06. The van der Waals surface area contributed by atoms with Crippen LogP contribution in [-0.2, 0) is 14.3 Å². The Balaban J connectivity index is 2.43. The number of hydrogen-bond donors (Lipinski definition) is 2. The highest BCUT2D eigenvalue weighted by Gasteiger charge is 2.28. The standard InChI is InChI=1S/C10H14N2O3S/c11-4-3-7(6-16)9(13)15-10(14)8-2-1-5-12-8/h7-8,12,16H,1-3,5-6H2/t7?,8-/m0/s1. The lowest BCUT2D eigenvalue weighted by atomic mass is 10.1. The maximum Gasteiger partial charge on any atom is 0.330 e. The second kappa shape index (κ2) is 6.51. The molecule has 1 aliphatic rings. The van der Waals surface area contributed by atoms with E-state index >= 15 is 0 Å². The first-order valence-electron chi connectivity index (χ1n) is 5.15. The molecule has 1 fully saturated rings. The number of nitriles is 1. The van der Waals surface area contributed by atoms with Gasteiger partial charge in [0.1, 0.15) is 6.04 Å². The first-order valence-corrected chi connectivity index (χ1v) is 5.79. The van der Waals surface area contributed by atoms with Gasteiger partial charge in [0.25, 0.3) is 0 Å². The van der Waals surface area contributed by atoms with Gasteiger partial charge in [-0.05, 0) is 19.4 Å². The summed E-state index contributed by atoms with van der Waals surface area (Å²) in [7, 11) is 0. The van der Waals surface area contributed by atoms with Crippen molar-refractivity contribution in [1.82, 2.24) is 5.32 Å². The highest BCUT2D eigenvalue weighted by molar-refractivity contribution is 7.80. The molecule has 0 spiro atoms. The van der Waals surface area contributed by atoms with E-state index in [4.69, 9.17) is 10.00 Å². The Labute approximate surface area is 99.6 Å². The molecule has 0 aromatic heterocycles. The van der Waals surface area contributed by atoms with E-state index in [0.29, 0.717) is 6.42 Å². The van der Waals surface area contributed by atoms with Gasteiger partial charge in [-0.2, -0.15) is 17.9 Å². The molecule has 1 aliphatic heterocycles. The van der Waals surface area contributed by atoms with Gasteiger partial charge in [0.15, 0.2) is 0 Å². The molecular weight excluding hydrogens is 228 g/mol. The smallest absolute Gasteiger partial charge is 0.330 e. The Kier molecular flexibility index (Phi) is 5.29. The summed E-state index contributed by atoms with van der Waals surface area (Å²) in [6.07, 6.45) is 1.62. The molecule has 1 N–H and O–H groups in total. The minimum Gasteiger partial charge on any atom is -0.392 e. The number of nitrogens with one attached hydrogen (secondary N) is 1. The summed E-state index contributed by atoms with van der Waals surface area (Å²) in [5.74, 6) is -1.63. The van der Waals surface area contributed by atoms with E-state index < -0.39 is 17.9 Å². The van der Waals surface area contributed by atoms with Crippen LogP contribution in [0.5, 0.6) is 0 Å². The molecule has 5 nitrogen and oxygen atoms in total. The lowest BCUT2D eigenvalue weighted by molar-refractivity contribution is -0.163. The summed E-state index contributed by atoms with van der Waals surface area (Å²) in [5.41, 5.74) is 0. The Morgan fingerprint density at radius 1 is 1.62 bits per heavy atom. The van der Waals surface area contributed by atoms with Crippen LogP contribution in [0.15, 0.2) is 0 Å². The Morgan fingerprint density at radius 3 is 2.88 bits per heavy atom. The molecule has 0 amide bonds. The zero-order chi connectivity index (χ0) is 12.0. The molecule has 1 rings (SSSR count). The van der Waals surface area contributed by atoms with Crippen LogP contribution in [0.2, 0.25) is 0 Å². The lowest BCUT2D eigenvalue weighted by Gasteiger charge is -2.12. The summed E-state index contributed by atoms with van der Waals surface area (Å²) in [6, 6.07) is 1.48. The van der Waals surface area contributed by atoms with Crippen LogP contribution in [0.3, 0.4) is 0 Å². The third-order valence-electron chi connectivity index (χ3n) is 2.44. The third-order valence-corrected chi connectivity index (χ3v) is 2.88. The predicted molar refractivity (Wildman–Crippen MR) is 59.7 cm³/mol. The summed E-state index contributed by atoms with van der Waals surface area (Å²) >= 11 is 3.94. The first kappa shape index (κ1) is 13.0. The topological polar surface area (TPSA) is 79.2 Å². The quantitative estimate of drug-likeness (QED) is 0.420. The SMILES string of the molecule is N#CCC(CS)C(=O)OC(=O)[C@@H]1CCCN1. The molecule has 0 radical (unpaired) electrons. The van der Waals surface area contributed by atoms with E-state index in [1.807, 2.05) is 6.07 Å². The van der Waals surface area contributed by atoms with Crippen LogP contribution in [0.4, 0.5) is 0 Å². The second-order valence-corrected chi connectivity index (χ2v) is 4.00. The summed E-state index contributed by atoms with van der Waals surface area (Å²) in [4.78, 5) is 22.9. The molecule has 0 aliphatic carbocycles. The fourth-order valence-corrected chi connectivity index (χ4v) is 1.75. The van der Waals surface area contributed by atoms with Gasteiger partial charge in [-0.1, -0.05) is 0 Å². The van der Waals surface area contributed by atoms with Crippen molar-refractivity contribution in [1.29, 1.82) is 5.26 Å². The van der Waals surface area contributed by atoms with Crippen LogP contribution >= 0.6 is 12.6 Å². The Bertz CT molecular complexity index is 308. The Morgan fingerprint density at radius 2 is 2.38 bits per heavy atom. The highest BCUT2D eigenvalue weighted by Crippen LogP contribution is 2.11. The average Bonchev–Trinajstić information content (AvgIpc) is 2.78. The number of thiol groups is 1. The van der Waals surface area contributed by atoms with Gasteiger partial charge in [-0.15, -0.1) is 0 Å². The van der Waals surface area contributed by atoms with Crippen LogP contribution in [0.1, 0.15) is 19.3 Å². The van der Waals surface area contributed by atoms with Gasteiger partial charge in [0, 0.05) is 12.2 Å². The van der Waals surface area contributed by atoms with E-state index in [9.17, 15) is 9.59 Å². The van der Waals surface area contributed by atoms with Crippen molar-refractivity contribution in [3.63, 3.8) is 0 Å². The van der Waals surface area contributed by atoms with Crippen LogP contribution in [0.25, 0.3) is 0 Å². The summed E-state index contributed by atoms with van der Waals surface area (Å²) in [6.45, 7) is 0.766. The van der Waals surface area contributed by atoms with Crippen molar-refractivity contribution < 1.29 is 14.3 Å². The number of carbonyl (C=O) groups is 2. The molecule has 16 heavy (non-hydrogen) atoms. The molecule has 88 valence electrons. The number of carbonyl (C=O) groups excluding carboxylic acids is 2. The van der Waals surface area contributed by atoms with Gasteiger partial charge in [0.2, 0.25) is 0 Å². The molecule has 1 unspecified atom stereocenters. The van der Waals surface area contributed by atoms with E-state index in [1.165, 1.54) is 0 Å². The molecule has 0 aromatic rings. The molecule has 1 saturated heterocycles. The second-order valence-electron chi connectivity index (χ2n) is 3.63. The van der Waals surface area contributed by atoms with Crippen molar-refractivity contribution in [2.75, 3.05) is 12.3 Å². The van der Waals surface area contributed by atoms with E-state index in [1.54, 1.807) is 0 Å². The van der Waals surface area contributed by atoms with Crippen molar-refractivity contribution in [2.45, 2.75) is 25.3 Å². The number of ether oxygens (including phenoxy) is 1. The van der Waals surface area contributed by atoms with Crippen molar-refractivity contribution in [3.8, 4) is 6.07 Å². The monoisotopic (exact) mass is 242 g/mol. The number of esters is 2. The molecule has 6 heteroatoms. The maximum absolute atomic E-state index is 11.5. The number of nitrogens with zero attached hydrogens (tertiary/aromatic N) is 1. The average molecular weight is 242 g/mol. The minimum atomic E-state index is -0.657. The van der Waals surface area contributed by atoms with Crippen LogP contribution < -0.4 is 5.32 Å². The minimum absolute atomic E-state index is 0.0215. The van der Waals surface area contributed by atoms with Crippen molar-refractivity contribution in [3.05, 3.63) is 0 Å². The normalized spacial score (nSPS) is 21.1. The van der Waals surface area contributed by atoms with Crippen molar-refractivity contribution >= 4 is 24.6 Å². The number of rotatable bonds is 4. The van der Waals surface area contributed by atoms with Crippen molar-refractivity contribution in [2.24, 2.45) is 5.92 Å². The fraction of sp³-hybridized carbons (Fsp3) is 0.700. The summed E-state index contributed by atoms with van der Waals surface area (Å²) in [5, 5.41) is 11.4. The van der Waals surface area contributed by atoms with E-state index in [2.05, 4.69) is 17.9 Å². The molecule has 2 atom stereocenters. The molecule has 1 heterocycles. The molecule has 0 saturated carbocycles. The molecule has 0 bridgehead atoms. The maximum atomic E-state index is 11.5.